The molecule has 1 aliphatic rings. The van der Waals surface area contributed by atoms with E-state index in [-0.39, 0.29) is 12.5 Å². The van der Waals surface area contributed by atoms with Crippen LogP contribution in [0.3, 0.4) is 0 Å². The van der Waals surface area contributed by atoms with Gasteiger partial charge < -0.3 is 10.0 Å². The quantitative estimate of drug-likeness (QED) is 0.867. The number of nitriles is 1. The summed E-state index contributed by atoms with van der Waals surface area (Å²) in [6, 6.07) is 8.21. The number of carboxylic acid groups (broad SMARTS) is 1. The Morgan fingerprint density at radius 2 is 1.95 bits per heavy atom. The fourth-order valence-electron chi connectivity index (χ4n) is 1.86. The number of benzene rings is 1. The van der Waals surface area contributed by atoms with E-state index < -0.39 is 5.97 Å². The highest BCUT2D eigenvalue weighted by Gasteiger charge is 2.28. The van der Waals surface area contributed by atoms with E-state index >= 15 is 0 Å². The molecular weight excluding hydrogens is 244 g/mol. The lowest BCUT2D eigenvalue weighted by Gasteiger charge is -2.20. The van der Waals surface area contributed by atoms with Crippen molar-refractivity contribution >= 4 is 11.9 Å². The first-order valence-corrected chi connectivity index (χ1v) is 6.11. The average molecular weight is 258 g/mol. The van der Waals surface area contributed by atoms with Gasteiger partial charge in [0.05, 0.1) is 11.6 Å². The van der Waals surface area contributed by atoms with Crippen molar-refractivity contribution < 1.29 is 14.7 Å². The van der Waals surface area contributed by atoms with Crippen LogP contribution < -0.4 is 0 Å². The number of nitrogens with zero attached hydrogens (tertiary/aromatic N) is 2. The zero-order chi connectivity index (χ0) is 13.8. The molecule has 2 rings (SSSR count). The van der Waals surface area contributed by atoms with Crippen molar-refractivity contribution in [2.45, 2.75) is 12.8 Å². The Bertz CT molecular complexity index is 527. The predicted molar refractivity (Wildman–Crippen MR) is 67.4 cm³/mol. The molecule has 0 heterocycles. The normalized spacial score (nSPS) is 13.6. The second kappa shape index (κ2) is 5.53. The summed E-state index contributed by atoms with van der Waals surface area (Å²) in [6.07, 6.45) is 2.10. The molecule has 0 bridgehead atoms. The maximum absolute atomic E-state index is 12.2. The second-order valence-corrected chi connectivity index (χ2v) is 4.71. The third-order valence-corrected chi connectivity index (χ3v) is 3.05. The van der Waals surface area contributed by atoms with Crippen LogP contribution in [0.5, 0.6) is 0 Å². The maximum Gasteiger partial charge on any atom is 0.323 e. The lowest BCUT2D eigenvalue weighted by Crippen LogP contribution is -2.37. The molecule has 0 atom stereocenters. The number of hydrogen-bond donors (Lipinski definition) is 1. The van der Waals surface area contributed by atoms with Gasteiger partial charge in [-0.3, -0.25) is 9.59 Å². The number of amides is 1. The van der Waals surface area contributed by atoms with Gasteiger partial charge in [0, 0.05) is 12.1 Å². The smallest absolute Gasteiger partial charge is 0.323 e. The van der Waals surface area contributed by atoms with Crippen LogP contribution in [0.15, 0.2) is 24.3 Å². The fraction of sp³-hybridized carbons (Fsp3) is 0.357. The molecule has 5 nitrogen and oxygen atoms in total. The number of hydrogen-bond acceptors (Lipinski definition) is 3. The van der Waals surface area contributed by atoms with E-state index in [4.69, 9.17) is 10.4 Å². The van der Waals surface area contributed by atoms with Gasteiger partial charge in [-0.05, 0) is 43.0 Å². The Balaban J connectivity index is 2.12. The highest BCUT2D eigenvalue weighted by molar-refractivity contribution is 5.96. The molecule has 1 aromatic rings. The molecule has 1 saturated carbocycles. The standard InChI is InChI=1S/C14H14N2O3/c15-7-10-3-5-12(6-4-10)14(19)16(9-13(17)18)8-11-1-2-11/h3-6,11H,1-2,8-9H2,(H,17,18). The third kappa shape index (κ3) is 3.55. The van der Waals surface area contributed by atoms with Crippen LogP contribution in [0.4, 0.5) is 0 Å². The van der Waals surface area contributed by atoms with Gasteiger partial charge in [0.2, 0.25) is 0 Å². The Morgan fingerprint density at radius 1 is 1.32 bits per heavy atom. The molecule has 0 spiro atoms. The van der Waals surface area contributed by atoms with Gasteiger partial charge in [0.25, 0.3) is 5.91 Å². The summed E-state index contributed by atoms with van der Waals surface area (Å²) in [5.74, 6) is -0.872. The SMILES string of the molecule is N#Cc1ccc(C(=O)N(CC(=O)O)CC2CC2)cc1. The summed E-state index contributed by atoms with van der Waals surface area (Å²) in [5.41, 5.74) is 0.893. The lowest BCUT2D eigenvalue weighted by molar-refractivity contribution is -0.137. The molecule has 0 aliphatic heterocycles. The van der Waals surface area contributed by atoms with Gasteiger partial charge in [0.1, 0.15) is 6.54 Å². The van der Waals surface area contributed by atoms with Crippen molar-refractivity contribution in [3.8, 4) is 6.07 Å². The Morgan fingerprint density at radius 3 is 2.42 bits per heavy atom. The molecule has 0 radical (unpaired) electrons. The van der Waals surface area contributed by atoms with Gasteiger partial charge >= 0.3 is 5.97 Å². The molecule has 5 heteroatoms. The fourth-order valence-corrected chi connectivity index (χ4v) is 1.86. The van der Waals surface area contributed by atoms with E-state index in [0.29, 0.717) is 23.6 Å². The molecule has 0 unspecified atom stereocenters. The van der Waals surface area contributed by atoms with E-state index in [1.807, 2.05) is 6.07 Å². The van der Waals surface area contributed by atoms with Crippen LogP contribution in [-0.2, 0) is 4.79 Å². The van der Waals surface area contributed by atoms with Crippen molar-refractivity contribution in [1.82, 2.24) is 4.90 Å². The number of carbonyl (C=O) groups excluding carboxylic acids is 1. The topological polar surface area (TPSA) is 81.4 Å². The minimum absolute atomic E-state index is 0.282. The highest BCUT2D eigenvalue weighted by atomic mass is 16.4. The van der Waals surface area contributed by atoms with Crippen LogP contribution in [0.25, 0.3) is 0 Å². The van der Waals surface area contributed by atoms with Crippen LogP contribution in [0.2, 0.25) is 0 Å². The summed E-state index contributed by atoms with van der Waals surface area (Å²) in [5, 5.41) is 17.6. The summed E-state index contributed by atoms with van der Waals surface area (Å²) in [7, 11) is 0. The molecule has 1 aromatic carbocycles. The van der Waals surface area contributed by atoms with Crippen molar-refractivity contribution in [2.75, 3.05) is 13.1 Å². The van der Waals surface area contributed by atoms with E-state index in [2.05, 4.69) is 0 Å². The summed E-state index contributed by atoms with van der Waals surface area (Å²) >= 11 is 0. The van der Waals surface area contributed by atoms with Crippen molar-refractivity contribution in [2.24, 2.45) is 5.92 Å². The zero-order valence-corrected chi connectivity index (χ0v) is 10.4. The molecular formula is C14H14N2O3. The molecule has 98 valence electrons. The summed E-state index contributed by atoms with van der Waals surface area (Å²) in [4.78, 5) is 24.4. The number of carboxylic acids is 1. The van der Waals surface area contributed by atoms with E-state index in [9.17, 15) is 9.59 Å². The molecule has 1 amide bonds. The first-order valence-electron chi connectivity index (χ1n) is 6.11. The Kier molecular flexibility index (Phi) is 3.81. The van der Waals surface area contributed by atoms with Gasteiger partial charge in [-0.25, -0.2) is 0 Å². The number of rotatable bonds is 5. The zero-order valence-electron chi connectivity index (χ0n) is 10.4. The minimum Gasteiger partial charge on any atom is -0.480 e. The lowest BCUT2D eigenvalue weighted by atomic mass is 10.1. The number of aliphatic carboxylic acids is 1. The molecule has 19 heavy (non-hydrogen) atoms. The first kappa shape index (κ1) is 13.1. The van der Waals surface area contributed by atoms with Crippen molar-refractivity contribution in [3.05, 3.63) is 35.4 Å². The van der Waals surface area contributed by atoms with Crippen LogP contribution in [0, 0.1) is 17.2 Å². The highest BCUT2D eigenvalue weighted by Crippen LogP contribution is 2.30. The summed E-state index contributed by atoms with van der Waals surface area (Å²) in [6.45, 7) is 0.209. The van der Waals surface area contributed by atoms with Crippen molar-refractivity contribution in [3.63, 3.8) is 0 Å². The van der Waals surface area contributed by atoms with Gasteiger partial charge in [-0.1, -0.05) is 0 Å². The molecule has 1 fully saturated rings. The Labute approximate surface area is 111 Å². The van der Waals surface area contributed by atoms with Gasteiger partial charge in [-0.15, -0.1) is 0 Å². The first-order chi connectivity index (χ1) is 9.10. The molecule has 0 aromatic heterocycles. The largest absolute Gasteiger partial charge is 0.480 e. The van der Waals surface area contributed by atoms with E-state index in [0.717, 1.165) is 12.8 Å². The van der Waals surface area contributed by atoms with Gasteiger partial charge in [-0.2, -0.15) is 5.26 Å². The molecule has 1 aliphatic carbocycles. The number of carbonyl (C=O) groups is 2. The molecule has 1 N–H and O–H groups in total. The van der Waals surface area contributed by atoms with Crippen LogP contribution in [-0.4, -0.2) is 35.0 Å². The summed E-state index contributed by atoms with van der Waals surface area (Å²) < 4.78 is 0. The third-order valence-electron chi connectivity index (χ3n) is 3.05. The van der Waals surface area contributed by atoms with E-state index in [1.54, 1.807) is 24.3 Å². The van der Waals surface area contributed by atoms with E-state index in [1.165, 1.54) is 4.90 Å². The van der Waals surface area contributed by atoms with Crippen molar-refractivity contribution in [1.29, 1.82) is 5.26 Å². The maximum atomic E-state index is 12.2. The van der Waals surface area contributed by atoms with Crippen LogP contribution in [0.1, 0.15) is 28.8 Å². The van der Waals surface area contributed by atoms with Gasteiger partial charge in [0.15, 0.2) is 0 Å². The monoisotopic (exact) mass is 258 g/mol. The molecule has 0 saturated heterocycles. The minimum atomic E-state index is -1.01. The Hall–Kier alpha value is -2.35. The predicted octanol–water partition coefficient (Wildman–Crippen LogP) is 1.50. The average Bonchev–Trinajstić information content (AvgIpc) is 3.21. The van der Waals surface area contributed by atoms with Crippen LogP contribution >= 0.6 is 0 Å². The second-order valence-electron chi connectivity index (χ2n) is 4.71.